The smallest absolute Gasteiger partial charge is 0.261 e. The van der Waals surface area contributed by atoms with Gasteiger partial charge in [-0.15, -0.1) is 0 Å². The van der Waals surface area contributed by atoms with Gasteiger partial charge in [0.15, 0.2) is 0 Å². The van der Waals surface area contributed by atoms with E-state index in [0.717, 1.165) is 20.8 Å². The van der Waals surface area contributed by atoms with Gasteiger partial charge in [-0.25, -0.2) is 8.42 Å². The fourth-order valence-corrected chi connectivity index (χ4v) is 3.95. The first kappa shape index (κ1) is 15.2. The van der Waals surface area contributed by atoms with Crippen molar-refractivity contribution in [1.82, 2.24) is 0 Å². The molecule has 0 amide bonds. The van der Waals surface area contributed by atoms with Crippen LogP contribution in [0.25, 0.3) is 21.9 Å². The zero-order valence-corrected chi connectivity index (χ0v) is 14.8. The molecule has 4 nitrogen and oxygen atoms in total. The molecule has 1 N–H and O–H groups in total. The zero-order chi connectivity index (χ0) is 16.7. The van der Waals surface area contributed by atoms with Crippen molar-refractivity contribution in [2.24, 2.45) is 0 Å². The van der Waals surface area contributed by atoms with Crippen LogP contribution in [0.4, 0.5) is 5.69 Å². The van der Waals surface area contributed by atoms with Crippen LogP contribution in [0.5, 0.6) is 0 Å². The minimum Gasteiger partial charge on any atom is -0.456 e. The lowest BCUT2D eigenvalue weighted by atomic mass is 10.1. The summed E-state index contributed by atoms with van der Waals surface area (Å²) in [5.41, 5.74) is 1.91. The number of hydrogen-bond donors (Lipinski definition) is 1. The Morgan fingerprint density at radius 3 is 2.33 bits per heavy atom. The summed E-state index contributed by atoms with van der Waals surface area (Å²) >= 11 is 3.33. The van der Waals surface area contributed by atoms with Crippen molar-refractivity contribution in [3.05, 3.63) is 71.2 Å². The number of hydrogen-bond acceptors (Lipinski definition) is 3. The molecule has 1 heterocycles. The number of furan rings is 1. The van der Waals surface area contributed by atoms with Gasteiger partial charge in [-0.2, -0.15) is 0 Å². The Kier molecular flexibility index (Phi) is 3.58. The van der Waals surface area contributed by atoms with Crippen molar-refractivity contribution in [2.45, 2.75) is 4.90 Å². The van der Waals surface area contributed by atoms with Crippen molar-refractivity contribution < 1.29 is 12.8 Å². The van der Waals surface area contributed by atoms with Gasteiger partial charge in [0.2, 0.25) is 0 Å². The van der Waals surface area contributed by atoms with Crippen LogP contribution in [0.15, 0.2) is 80.5 Å². The van der Waals surface area contributed by atoms with Crippen LogP contribution in [0.2, 0.25) is 0 Å². The first-order valence-electron chi connectivity index (χ1n) is 7.23. The van der Waals surface area contributed by atoms with Gasteiger partial charge in [0, 0.05) is 20.9 Å². The monoisotopic (exact) mass is 401 g/mol. The molecule has 0 atom stereocenters. The summed E-state index contributed by atoms with van der Waals surface area (Å²) in [6.07, 6.45) is 0. The molecule has 0 saturated heterocycles. The van der Waals surface area contributed by atoms with Crippen LogP contribution in [0.3, 0.4) is 0 Å². The van der Waals surface area contributed by atoms with E-state index in [-0.39, 0.29) is 4.90 Å². The number of para-hydroxylation sites is 1. The molecule has 0 radical (unpaired) electrons. The van der Waals surface area contributed by atoms with E-state index in [2.05, 4.69) is 20.7 Å². The molecule has 0 unspecified atom stereocenters. The molecule has 0 fully saturated rings. The van der Waals surface area contributed by atoms with Crippen molar-refractivity contribution in [2.75, 3.05) is 4.72 Å². The molecule has 0 aliphatic carbocycles. The molecule has 1 aromatic heterocycles. The summed E-state index contributed by atoms with van der Waals surface area (Å²) in [5, 5.41) is 1.68. The summed E-state index contributed by atoms with van der Waals surface area (Å²) in [7, 11) is -3.67. The van der Waals surface area contributed by atoms with Crippen molar-refractivity contribution in [3.63, 3.8) is 0 Å². The number of rotatable bonds is 3. The van der Waals surface area contributed by atoms with Gasteiger partial charge in [-0.1, -0.05) is 34.1 Å². The Bertz CT molecular complexity index is 1150. The maximum Gasteiger partial charge on any atom is 0.261 e. The average Bonchev–Trinajstić information content (AvgIpc) is 2.94. The Morgan fingerprint density at radius 1 is 0.833 bits per heavy atom. The molecule has 4 aromatic rings. The normalized spacial score (nSPS) is 11.9. The van der Waals surface area contributed by atoms with Gasteiger partial charge in [0.05, 0.1) is 4.90 Å². The third-order valence-corrected chi connectivity index (χ3v) is 5.66. The third kappa shape index (κ3) is 2.68. The van der Waals surface area contributed by atoms with Gasteiger partial charge in [0.1, 0.15) is 11.2 Å². The number of halogens is 1. The number of nitrogens with one attached hydrogen (secondary N) is 1. The second kappa shape index (κ2) is 5.65. The molecule has 3 aromatic carbocycles. The summed E-state index contributed by atoms with van der Waals surface area (Å²) in [6, 6.07) is 19.4. The van der Waals surface area contributed by atoms with Crippen LogP contribution >= 0.6 is 15.9 Å². The minimum absolute atomic E-state index is 0.199. The van der Waals surface area contributed by atoms with Gasteiger partial charge < -0.3 is 4.42 Å². The molecule has 0 aliphatic heterocycles. The molecule has 0 bridgehead atoms. The maximum absolute atomic E-state index is 12.6. The first-order chi connectivity index (χ1) is 11.5. The first-order valence-corrected chi connectivity index (χ1v) is 9.50. The lowest BCUT2D eigenvalue weighted by Crippen LogP contribution is -2.12. The Labute approximate surface area is 147 Å². The molecule has 0 aliphatic rings. The van der Waals surface area contributed by atoms with E-state index in [0.29, 0.717) is 11.3 Å². The van der Waals surface area contributed by atoms with Crippen LogP contribution in [0, 0.1) is 0 Å². The molecule has 0 saturated carbocycles. The largest absolute Gasteiger partial charge is 0.456 e. The zero-order valence-electron chi connectivity index (χ0n) is 12.4. The Balaban J connectivity index is 1.79. The topological polar surface area (TPSA) is 59.3 Å². The lowest BCUT2D eigenvalue weighted by Gasteiger charge is -2.08. The van der Waals surface area contributed by atoms with Gasteiger partial charge in [0.25, 0.3) is 10.0 Å². The molecule has 24 heavy (non-hydrogen) atoms. The van der Waals surface area contributed by atoms with Crippen molar-refractivity contribution >= 4 is 53.6 Å². The maximum atomic E-state index is 12.6. The standard InChI is InChI=1S/C18H12BrNO3S/c19-12-5-7-13(8-6-12)20-24(21,22)14-9-10-18-16(11-14)15-3-1-2-4-17(15)23-18/h1-11,20H. The third-order valence-electron chi connectivity index (χ3n) is 3.75. The number of anilines is 1. The summed E-state index contributed by atoms with van der Waals surface area (Å²) in [5.74, 6) is 0. The van der Waals surface area contributed by atoms with E-state index in [1.54, 1.807) is 42.5 Å². The Morgan fingerprint density at radius 2 is 1.54 bits per heavy atom. The quantitative estimate of drug-likeness (QED) is 0.516. The predicted molar refractivity (Wildman–Crippen MR) is 98.7 cm³/mol. The highest BCUT2D eigenvalue weighted by Gasteiger charge is 2.16. The summed E-state index contributed by atoms with van der Waals surface area (Å²) in [6.45, 7) is 0. The average molecular weight is 402 g/mol. The van der Waals surface area contributed by atoms with Crippen LogP contribution < -0.4 is 4.72 Å². The highest BCUT2D eigenvalue weighted by molar-refractivity contribution is 9.10. The SMILES string of the molecule is O=S(=O)(Nc1ccc(Br)cc1)c1ccc2oc3ccccc3c2c1. The van der Waals surface area contributed by atoms with E-state index >= 15 is 0 Å². The number of benzene rings is 3. The highest BCUT2D eigenvalue weighted by atomic mass is 79.9. The van der Waals surface area contributed by atoms with Crippen LogP contribution in [-0.2, 0) is 10.0 Å². The predicted octanol–water partition coefficient (Wildman–Crippen LogP) is 5.15. The summed E-state index contributed by atoms with van der Waals surface area (Å²) < 4.78 is 34.5. The molecule has 0 spiro atoms. The van der Waals surface area contributed by atoms with Crippen LogP contribution in [0.1, 0.15) is 0 Å². The van der Waals surface area contributed by atoms with Crippen LogP contribution in [-0.4, -0.2) is 8.42 Å². The molecule has 6 heteroatoms. The summed E-state index contributed by atoms with van der Waals surface area (Å²) in [4.78, 5) is 0.199. The molecule has 4 rings (SSSR count). The van der Waals surface area contributed by atoms with Gasteiger partial charge in [-0.3, -0.25) is 4.72 Å². The van der Waals surface area contributed by atoms with E-state index in [9.17, 15) is 8.42 Å². The number of fused-ring (bicyclic) bond motifs is 3. The van der Waals surface area contributed by atoms with Gasteiger partial charge in [-0.05, 0) is 48.5 Å². The van der Waals surface area contributed by atoms with E-state index in [4.69, 9.17) is 4.42 Å². The van der Waals surface area contributed by atoms with Crippen molar-refractivity contribution in [3.8, 4) is 0 Å². The van der Waals surface area contributed by atoms with E-state index in [1.807, 2.05) is 24.3 Å². The van der Waals surface area contributed by atoms with E-state index < -0.39 is 10.0 Å². The molecular weight excluding hydrogens is 390 g/mol. The minimum atomic E-state index is -3.67. The fourth-order valence-electron chi connectivity index (χ4n) is 2.60. The Hall–Kier alpha value is -2.31. The fraction of sp³-hybridized carbons (Fsp3) is 0. The highest BCUT2D eigenvalue weighted by Crippen LogP contribution is 2.30. The number of sulfonamides is 1. The van der Waals surface area contributed by atoms with Gasteiger partial charge >= 0.3 is 0 Å². The second-order valence-electron chi connectivity index (χ2n) is 5.37. The molecular formula is C18H12BrNO3S. The second-order valence-corrected chi connectivity index (χ2v) is 7.97. The van der Waals surface area contributed by atoms with Crippen molar-refractivity contribution in [1.29, 1.82) is 0 Å². The molecule has 120 valence electrons. The van der Waals surface area contributed by atoms with E-state index in [1.165, 1.54) is 0 Å². The lowest BCUT2D eigenvalue weighted by molar-refractivity contribution is 0.601.